The lowest BCUT2D eigenvalue weighted by molar-refractivity contribution is 0.591. The van der Waals surface area contributed by atoms with E-state index in [9.17, 15) is 0 Å². The van der Waals surface area contributed by atoms with Crippen molar-refractivity contribution in [2.24, 2.45) is 0 Å². The molecule has 1 atom stereocenters. The molecule has 0 aliphatic carbocycles. The van der Waals surface area contributed by atoms with Crippen LogP contribution in [0.1, 0.15) is 17.2 Å². The molecule has 94 valence electrons. The standard InChI is InChI=1S/C14H14BrIN2/c1-17-14(11-2-4-13(16)5-3-11)7-10-6-12(15)9-18-8-10/h2-6,8-9,14,17H,7H2,1H3. The summed E-state index contributed by atoms with van der Waals surface area (Å²) in [5.41, 5.74) is 2.53. The van der Waals surface area contributed by atoms with Crippen molar-refractivity contribution in [1.82, 2.24) is 10.3 Å². The fourth-order valence-corrected chi connectivity index (χ4v) is 2.66. The van der Waals surface area contributed by atoms with Gasteiger partial charge in [0.15, 0.2) is 0 Å². The van der Waals surface area contributed by atoms with E-state index in [4.69, 9.17) is 0 Å². The van der Waals surface area contributed by atoms with Crippen molar-refractivity contribution in [1.29, 1.82) is 0 Å². The average Bonchev–Trinajstić information content (AvgIpc) is 2.37. The first kappa shape index (κ1) is 14.0. The Balaban J connectivity index is 2.17. The molecule has 0 aliphatic rings. The summed E-state index contributed by atoms with van der Waals surface area (Å²) in [6.07, 6.45) is 4.66. The van der Waals surface area contributed by atoms with Crippen molar-refractivity contribution in [3.05, 3.63) is 61.9 Å². The Morgan fingerprint density at radius 3 is 2.61 bits per heavy atom. The molecule has 1 N–H and O–H groups in total. The second-order valence-corrected chi connectivity index (χ2v) is 6.27. The van der Waals surface area contributed by atoms with Gasteiger partial charge in [0.1, 0.15) is 0 Å². The lowest BCUT2D eigenvalue weighted by atomic mass is 10.0. The lowest BCUT2D eigenvalue weighted by Crippen LogP contribution is -2.18. The SMILES string of the molecule is CNC(Cc1cncc(Br)c1)c1ccc(I)cc1. The highest BCUT2D eigenvalue weighted by Crippen LogP contribution is 2.20. The van der Waals surface area contributed by atoms with Crippen LogP contribution < -0.4 is 5.32 Å². The molecule has 0 radical (unpaired) electrons. The third kappa shape index (κ3) is 3.76. The Bertz CT molecular complexity index is 513. The number of halogens is 2. The Hall–Kier alpha value is -0.460. The molecule has 1 aromatic heterocycles. The Labute approximate surface area is 129 Å². The van der Waals surface area contributed by atoms with Crippen molar-refractivity contribution in [2.75, 3.05) is 7.05 Å². The van der Waals surface area contributed by atoms with E-state index < -0.39 is 0 Å². The summed E-state index contributed by atoms with van der Waals surface area (Å²) < 4.78 is 2.28. The fourth-order valence-electron chi connectivity index (χ4n) is 1.88. The summed E-state index contributed by atoms with van der Waals surface area (Å²) in [4.78, 5) is 4.20. The van der Waals surface area contributed by atoms with Crippen LogP contribution in [0.15, 0.2) is 47.2 Å². The van der Waals surface area contributed by atoms with Crippen molar-refractivity contribution in [3.63, 3.8) is 0 Å². The minimum absolute atomic E-state index is 0.318. The van der Waals surface area contributed by atoms with Gasteiger partial charge in [0.25, 0.3) is 0 Å². The largest absolute Gasteiger partial charge is 0.313 e. The monoisotopic (exact) mass is 416 g/mol. The van der Waals surface area contributed by atoms with Gasteiger partial charge in [-0.05, 0) is 81.3 Å². The van der Waals surface area contributed by atoms with Crippen LogP contribution in [-0.2, 0) is 6.42 Å². The zero-order valence-electron chi connectivity index (χ0n) is 10.0. The van der Waals surface area contributed by atoms with Crippen LogP contribution in [0.5, 0.6) is 0 Å². The minimum Gasteiger partial charge on any atom is -0.313 e. The topological polar surface area (TPSA) is 24.9 Å². The maximum atomic E-state index is 4.20. The van der Waals surface area contributed by atoms with Crippen LogP contribution in [0.2, 0.25) is 0 Å². The van der Waals surface area contributed by atoms with Gasteiger partial charge in [0, 0.05) is 26.5 Å². The Morgan fingerprint density at radius 1 is 1.28 bits per heavy atom. The molecule has 0 saturated carbocycles. The number of hydrogen-bond acceptors (Lipinski definition) is 2. The molecular weight excluding hydrogens is 403 g/mol. The van der Waals surface area contributed by atoms with Crippen molar-refractivity contribution in [3.8, 4) is 0 Å². The second kappa shape index (κ2) is 6.63. The molecule has 0 amide bonds. The van der Waals surface area contributed by atoms with E-state index in [0.29, 0.717) is 6.04 Å². The number of aromatic nitrogens is 1. The summed E-state index contributed by atoms with van der Waals surface area (Å²) in [6.45, 7) is 0. The third-order valence-electron chi connectivity index (χ3n) is 2.82. The van der Waals surface area contributed by atoms with Crippen molar-refractivity contribution >= 4 is 38.5 Å². The summed E-state index contributed by atoms with van der Waals surface area (Å²) in [5.74, 6) is 0. The van der Waals surface area contributed by atoms with E-state index in [1.165, 1.54) is 14.7 Å². The third-order valence-corrected chi connectivity index (χ3v) is 3.98. The van der Waals surface area contributed by atoms with Gasteiger partial charge in [-0.1, -0.05) is 12.1 Å². The quantitative estimate of drug-likeness (QED) is 0.763. The van der Waals surface area contributed by atoms with Gasteiger partial charge in [0.2, 0.25) is 0 Å². The van der Waals surface area contributed by atoms with E-state index in [-0.39, 0.29) is 0 Å². The van der Waals surface area contributed by atoms with E-state index in [0.717, 1.165) is 10.9 Å². The number of nitrogens with zero attached hydrogens (tertiary/aromatic N) is 1. The molecule has 18 heavy (non-hydrogen) atoms. The van der Waals surface area contributed by atoms with E-state index in [1.54, 1.807) is 0 Å². The Kier molecular flexibility index (Phi) is 5.14. The van der Waals surface area contributed by atoms with Crippen LogP contribution in [0.3, 0.4) is 0 Å². The van der Waals surface area contributed by atoms with E-state index >= 15 is 0 Å². The minimum atomic E-state index is 0.318. The normalized spacial score (nSPS) is 12.4. The first-order chi connectivity index (χ1) is 8.69. The first-order valence-electron chi connectivity index (χ1n) is 5.71. The van der Waals surface area contributed by atoms with Gasteiger partial charge in [-0.2, -0.15) is 0 Å². The van der Waals surface area contributed by atoms with Gasteiger partial charge in [-0.3, -0.25) is 4.98 Å². The van der Waals surface area contributed by atoms with Crippen LogP contribution >= 0.6 is 38.5 Å². The number of likely N-dealkylation sites (N-methyl/N-ethyl adjacent to an activating group) is 1. The van der Waals surface area contributed by atoms with Crippen LogP contribution in [0.4, 0.5) is 0 Å². The molecule has 0 saturated heterocycles. The Morgan fingerprint density at radius 2 is 2.00 bits per heavy atom. The maximum absolute atomic E-state index is 4.20. The molecular formula is C14H14BrIN2. The maximum Gasteiger partial charge on any atom is 0.0410 e. The van der Waals surface area contributed by atoms with E-state index in [1.807, 2.05) is 19.4 Å². The highest BCUT2D eigenvalue weighted by molar-refractivity contribution is 14.1. The molecule has 0 aliphatic heterocycles. The molecule has 2 nitrogen and oxygen atoms in total. The summed E-state index contributed by atoms with van der Waals surface area (Å²) in [5, 5.41) is 3.36. The summed E-state index contributed by atoms with van der Waals surface area (Å²) >= 11 is 5.78. The molecule has 0 fully saturated rings. The number of pyridine rings is 1. The van der Waals surface area contributed by atoms with Crippen molar-refractivity contribution in [2.45, 2.75) is 12.5 Å². The fraction of sp³-hybridized carbons (Fsp3) is 0.214. The van der Waals surface area contributed by atoms with Gasteiger partial charge >= 0.3 is 0 Å². The zero-order valence-corrected chi connectivity index (χ0v) is 13.8. The van der Waals surface area contributed by atoms with Crippen molar-refractivity contribution < 1.29 is 0 Å². The van der Waals surface area contributed by atoms with Gasteiger partial charge in [-0.25, -0.2) is 0 Å². The number of rotatable bonds is 4. The lowest BCUT2D eigenvalue weighted by Gasteiger charge is -2.16. The smallest absolute Gasteiger partial charge is 0.0410 e. The van der Waals surface area contributed by atoms with Gasteiger partial charge < -0.3 is 5.32 Å². The first-order valence-corrected chi connectivity index (χ1v) is 7.58. The molecule has 0 bridgehead atoms. The van der Waals surface area contributed by atoms with E-state index in [2.05, 4.69) is 79.2 Å². The highest BCUT2D eigenvalue weighted by Gasteiger charge is 2.10. The van der Waals surface area contributed by atoms with Crippen LogP contribution in [-0.4, -0.2) is 12.0 Å². The predicted octanol–water partition coefficient (Wildman–Crippen LogP) is 3.95. The summed E-state index contributed by atoms with van der Waals surface area (Å²) in [7, 11) is 1.99. The molecule has 1 heterocycles. The molecule has 2 rings (SSSR count). The van der Waals surface area contributed by atoms with Crippen LogP contribution in [0.25, 0.3) is 0 Å². The molecule has 1 unspecified atom stereocenters. The average molecular weight is 417 g/mol. The molecule has 2 aromatic rings. The summed E-state index contributed by atoms with van der Waals surface area (Å²) in [6, 6.07) is 11.1. The van der Waals surface area contributed by atoms with Crippen LogP contribution in [0, 0.1) is 3.57 Å². The molecule has 4 heteroatoms. The van der Waals surface area contributed by atoms with Gasteiger partial charge in [0.05, 0.1) is 0 Å². The molecule has 1 aromatic carbocycles. The van der Waals surface area contributed by atoms with Gasteiger partial charge in [-0.15, -0.1) is 0 Å². The number of nitrogens with one attached hydrogen (secondary N) is 1. The second-order valence-electron chi connectivity index (χ2n) is 4.11. The number of benzene rings is 1. The molecule has 0 spiro atoms. The zero-order chi connectivity index (χ0) is 13.0. The highest BCUT2D eigenvalue weighted by atomic mass is 127. The predicted molar refractivity (Wildman–Crippen MR) is 86.6 cm³/mol. The number of hydrogen-bond donors (Lipinski definition) is 1.